The van der Waals surface area contributed by atoms with E-state index in [1.165, 1.54) is 43.8 Å². The van der Waals surface area contributed by atoms with Crippen LogP contribution in [0, 0.1) is 17.8 Å². The van der Waals surface area contributed by atoms with Crippen LogP contribution in [-0.4, -0.2) is 172 Å². The van der Waals surface area contributed by atoms with Gasteiger partial charge in [-0.2, -0.15) is 0 Å². The van der Waals surface area contributed by atoms with E-state index < -0.39 is 138 Å². The Morgan fingerprint density at radius 2 is 1.11 bits per heavy atom. The minimum Gasteiger partial charge on any atom is -0.480 e. The number of primary amides is 1. The fraction of sp³-hybridized carbons (Fsp3) is 0.652. The number of nitrogens with zero attached hydrogens (tertiary/aromatic N) is 3. The average molecular weight is 1030 g/mol. The minimum absolute atomic E-state index is 0.0460. The highest BCUT2D eigenvalue weighted by Gasteiger charge is 2.42. The number of aromatic nitrogens is 4. The Hall–Kier alpha value is -7.00. The number of aliphatic carboxylic acids is 1. The maximum atomic E-state index is 14.4. The summed E-state index contributed by atoms with van der Waals surface area (Å²) < 4.78 is 0. The van der Waals surface area contributed by atoms with Gasteiger partial charge in [0, 0.05) is 49.6 Å². The summed E-state index contributed by atoms with van der Waals surface area (Å²) in [6.45, 7) is 12.6. The Balaban J connectivity index is 1.83. The van der Waals surface area contributed by atoms with Crippen LogP contribution in [-0.2, 0) is 60.8 Å². The van der Waals surface area contributed by atoms with Crippen molar-refractivity contribution in [2.24, 2.45) is 29.2 Å². The first kappa shape index (κ1) is 60.3. The van der Waals surface area contributed by atoms with Gasteiger partial charge in [0.25, 0.3) is 0 Å². The predicted octanol–water partition coefficient (Wildman–Crippen LogP) is -3.90. The summed E-state index contributed by atoms with van der Waals surface area (Å²) >= 11 is 0. The van der Waals surface area contributed by atoms with Crippen LogP contribution in [0.3, 0.4) is 0 Å². The van der Waals surface area contributed by atoms with Crippen LogP contribution in [0.4, 0.5) is 0 Å². The van der Waals surface area contributed by atoms with Crippen molar-refractivity contribution >= 4 is 59.1 Å². The van der Waals surface area contributed by atoms with Gasteiger partial charge in [-0.1, -0.05) is 41.5 Å². The van der Waals surface area contributed by atoms with Gasteiger partial charge in [0.1, 0.15) is 42.3 Å². The molecule has 0 radical (unpaired) electrons. The second kappa shape index (κ2) is 28.3. The Morgan fingerprint density at radius 1 is 0.644 bits per heavy atom. The fourth-order valence-electron chi connectivity index (χ4n) is 7.96. The first-order chi connectivity index (χ1) is 34.2. The molecular formula is C46H74N14O13. The maximum Gasteiger partial charge on any atom is 0.328 e. The van der Waals surface area contributed by atoms with Crippen molar-refractivity contribution in [2.45, 2.75) is 167 Å². The van der Waals surface area contributed by atoms with Crippen molar-refractivity contribution in [2.75, 3.05) is 6.54 Å². The number of carboxylic acid groups (broad SMARTS) is 1. The van der Waals surface area contributed by atoms with Gasteiger partial charge >= 0.3 is 5.97 Å². The summed E-state index contributed by atoms with van der Waals surface area (Å²) in [7, 11) is 0. The van der Waals surface area contributed by atoms with E-state index >= 15 is 0 Å². The quantitative estimate of drug-likeness (QED) is 0.0370. The molecule has 9 amide bonds. The molecular weight excluding hydrogens is 957 g/mol. The maximum absolute atomic E-state index is 14.4. The average Bonchev–Trinajstić information content (AvgIpc) is 4.12. The zero-order chi connectivity index (χ0) is 54.9. The number of imidazole rings is 2. The molecule has 0 spiro atoms. The molecule has 2 aromatic heterocycles. The van der Waals surface area contributed by atoms with Crippen molar-refractivity contribution in [3.8, 4) is 0 Å². The Kier molecular flexibility index (Phi) is 23.4. The SMILES string of the molecule is CC(C)C[C@H](N)C(=O)N[C@@H](CCC(N)=O)C(=O)N[C@H](C(=O)N[C@H](C(=O)N[C@@H](Cc1cnc[nH]1)C(=O)N[C@H](C(=O)N1CCC[C@H]1C(=O)N[C@@H](Cc1cnc[nH]1)C(=O)N[C@H](C(=O)O)[C@@H](C)O)C(C)C)[C@@H](C)O)C(C)C. The molecule has 406 valence electrons. The van der Waals surface area contributed by atoms with E-state index in [9.17, 15) is 63.3 Å². The van der Waals surface area contributed by atoms with Crippen LogP contribution >= 0.6 is 0 Å². The largest absolute Gasteiger partial charge is 0.480 e. The van der Waals surface area contributed by atoms with E-state index in [-0.39, 0.29) is 44.6 Å². The lowest BCUT2D eigenvalue weighted by molar-refractivity contribution is -0.146. The normalized spacial score (nSPS) is 17.7. The lowest BCUT2D eigenvalue weighted by Crippen LogP contribution is -2.63. The molecule has 11 atom stereocenters. The van der Waals surface area contributed by atoms with E-state index in [1.807, 2.05) is 13.8 Å². The molecule has 0 unspecified atom stereocenters. The number of H-pyrrole nitrogens is 2. The number of rotatable bonds is 29. The number of hydrogen-bond acceptors (Lipinski definition) is 15. The molecule has 1 saturated heterocycles. The van der Waals surface area contributed by atoms with Gasteiger partial charge in [0.15, 0.2) is 6.04 Å². The standard InChI is InChI=1S/C46H74N14O13/c1-21(2)14-28(47)38(64)53-29(11-12-33(48)63)39(65)56-34(22(3)4)43(69)58-36(24(7)61)44(70)55-31(16-27-18-50-20-52-27)40(66)57-35(23(5)6)45(71)60-13-9-10-32(60)42(68)54-30(15-26-17-49-19-51-26)41(67)59-37(25(8)62)46(72)73/h17-25,28-32,34-37,61-62H,9-16,47H2,1-8H3,(H2,48,63)(H,49,51)(H,50,52)(H,53,64)(H,54,68)(H,55,70)(H,56,65)(H,57,66)(H,58,69)(H,59,67)(H,72,73)/t24-,25-,28+,29+,30+,31+,32+,34+,35+,36+,37+/m1/s1. The number of carbonyl (C=O) groups is 10. The first-order valence-electron chi connectivity index (χ1n) is 24.2. The number of hydrogen-bond donors (Lipinski definition) is 14. The van der Waals surface area contributed by atoms with Crippen molar-refractivity contribution < 1.29 is 63.3 Å². The Morgan fingerprint density at radius 3 is 1.58 bits per heavy atom. The molecule has 27 heteroatoms. The van der Waals surface area contributed by atoms with Gasteiger partial charge in [-0.05, 0) is 57.3 Å². The highest BCUT2D eigenvalue weighted by Crippen LogP contribution is 2.21. The first-order valence-corrected chi connectivity index (χ1v) is 24.2. The number of carboxylic acids is 1. The molecule has 1 aliphatic heterocycles. The molecule has 27 nitrogen and oxygen atoms in total. The topological polar surface area (TPSA) is 428 Å². The van der Waals surface area contributed by atoms with Crippen LogP contribution < -0.4 is 48.7 Å². The number of aliphatic hydroxyl groups is 2. The summed E-state index contributed by atoms with van der Waals surface area (Å²) in [5.41, 5.74) is 12.1. The smallest absolute Gasteiger partial charge is 0.328 e. The molecule has 3 heterocycles. The van der Waals surface area contributed by atoms with Crippen LogP contribution in [0.25, 0.3) is 0 Å². The summed E-state index contributed by atoms with van der Waals surface area (Å²) in [6, 6.07) is -12.4. The van der Waals surface area contributed by atoms with Crippen molar-refractivity contribution in [3.63, 3.8) is 0 Å². The number of likely N-dealkylation sites (tertiary alicyclic amines) is 1. The second-order valence-electron chi connectivity index (χ2n) is 19.4. The molecule has 2 aromatic rings. The number of nitrogens with two attached hydrogens (primary N) is 2. The van der Waals surface area contributed by atoms with E-state index in [1.54, 1.807) is 27.7 Å². The monoisotopic (exact) mass is 1030 g/mol. The van der Waals surface area contributed by atoms with Crippen LogP contribution in [0.1, 0.15) is 98.9 Å². The second-order valence-corrected chi connectivity index (χ2v) is 19.4. The fourth-order valence-corrected chi connectivity index (χ4v) is 7.96. The number of carbonyl (C=O) groups excluding carboxylic acids is 9. The zero-order valence-corrected chi connectivity index (χ0v) is 42.5. The van der Waals surface area contributed by atoms with Crippen molar-refractivity contribution in [1.82, 2.24) is 62.1 Å². The number of aliphatic hydroxyl groups excluding tert-OH is 2. The lowest BCUT2D eigenvalue weighted by atomic mass is 9.99. The van der Waals surface area contributed by atoms with Crippen LogP contribution in [0.5, 0.6) is 0 Å². The Bertz CT molecular complexity index is 2200. The van der Waals surface area contributed by atoms with Gasteiger partial charge in [-0.25, -0.2) is 14.8 Å². The molecule has 0 saturated carbocycles. The minimum atomic E-state index is -1.73. The summed E-state index contributed by atoms with van der Waals surface area (Å²) in [5.74, 6) is -10.2. The van der Waals surface area contributed by atoms with Gasteiger partial charge < -0.3 is 78.9 Å². The molecule has 1 fully saturated rings. The van der Waals surface area contributed by atoms with E-state index in [0.717, 1.165) is 0 Å². The lowest BCUT2D eigenvalue weighted by Gasteiger charge is -2.32. The van der Waals surface area contributed by atoms with Gasteiger partial charge in [-0.15, -0.1) is 0 Å². The van der Waals surface area contributed by atoms with Crippen LogP contribution in [0.2, 0.25) is 0 Å². The molecule has 16 N–H and O–H groups in total. The van der Waals surface area contributed by atoms with Crippen molar-refractivity contribution in [3.05, 3.63) is 36.4 Å². The molecule has 3 rings (SSSR count). The third-order valence-corrected chi connectivity index (χ3v) is 12.0. The molecule has 0 aliphatic carbocycles. The third-order valence-electron chi connectivity index (χ3n) is 12.0. The Labute approximate surface area is 422 Å². The summed E-state index contributed by atoms with van der Waals surface area (Å²) in [6.07, 6.45) is 2.28. The van der Waals surface area contributed by atoms with E-state index in [0.29, 0.717) is 24.2 Å². The van der Waals surface area contributed by atoms with Crippen LogP contribution in [0.15, 0.2) is 25.0 Å². The number of aromatic amines is 2. The highest BCUT2D eigenvalue weighted by molar-refractivity contribution is 5.98. The zero-order valence-electron chi connectivity index (χ0n) is 42.5. The number of amides is 9. The highest BCUT2D eigenvalue weighted by atomic mass is 16.4. The molecule has 0 bridgehead atoms. The predicted molar refractivity (Wildman–Crippen MR) is 259 cm³/mol. The third kappa shape index (κ3) is 18.5. The van der Waals surface area contributed by atoms with E-state index in [4.69, 9.17) is 11.5 Å². The molecule has 1 aliphatic rings. The van der Waals surface area contributed by atoms with Gasteiger partial charge in [-0.3, -0.25) is 43.2 Å². The van der Waals surface area contributed by atoms with Gasteiger partial charge in [0.2, 0.25) is 53.2 Å². The van der Waals surface area contributed by atoms with Gasteiger partial charge in [0.05, 0.1) is 30.9 Å². The van der Waals surface area contributed by atoms with Crippen molar-refractivity contribution in [1.29, 1.82) is 0 Å². The summed E-state index contributed by atoms with van der Waals surface area (Å²) in [4.78, 5) is 149. The summed E-state index contributed by atoms with van der Waals surface area (Å²) in [5, 5.41) is 48.0. The van der Waals surface area contributed by atoms with E-state index in [2.05, 4.69) is 57.2 Å². The molecule has 73 heavy (non-hydrogen) atoms. The molecule has 0 aromatic carbocycles. The number of nitrogens with one attached hydrogen (secondary N) is 9.